The summed E-state index contributed by atoms with van der Waals surface area (Å²) in [6.07, 6.45) is 0. The number of carbonyl (C=O) groups is 3. The van der Waals surface area contributed by atoms with Crippen LogP contribution in [0.15, 0.2) is 83.8 Å². The minimum absolute atomic E-state index is 0.0127. The number of nitrogens with one attached hydrogen (secondary N) is 2. The zero-order valence-electron chi connectivity index (χ0n) is 20.2. The normalized spacial score (nSPS) is 18.0. The molecule has 2 saturated heterocycles. The summed E-state index contributed by atoms with van der Waals surface area (Å²) in [5.41, 5.74) is -0.587. The van der Waals surface area contributed by atoms with Gasteiger partial charge in [-0.15, -0.1) is 0 Å². The molecule has 196 valence electrons. The van der Waals surface area contributed by atoms with Gasteiger partial charge in [-0.2, -0.15) is 0 Å². The molecule has 0 atom stereocenters. The van der Waals surface area contributed by atoms with Crippen LogP contribution in [0.4, 0.5) is 10.5 Å². The molecule has 5 rings (SSSR count). The first kappa shape index (κ1) is 25.4. The third kappa shape index (κ3) is 4.72. The molecule has 11 nitrogen and oxygen atoms in total. The minimum atomic E-state index is -3.80. The van der Waals surface area contributed by atoms with Gasteiger partial charge in [-0.1, -0.05) is 30.3 Å². The number of nitrogens with two attached hydrogens (primary N) is 1. The van der Waals surface area contributed by atoms with Crippen molar-refractivity contribution in [1.29, 1.82) is 0 Å². The Bertz CT molecular complexity index is 1450. The van der Waals surface area contributed by atoms with E-state index in [0.29, 0.717) is 43.2 Å². The monoisotopic (exact) mass is 535 g/mol. The molecular formula is C26H25N5O6S. The number of carbonyl (C=O) groups excluding carboxylic acids is 3. The Hall–Kier alpha value is -4.26. The highest BCUT2D eigenvalue weighted by Gasteiger charge is 2.56. The molecule has 0 unspecified atom stereocenters. The second kappa shape index (κ2) is 9.89. The Morgan fingerprint density at radius 3 is 1.84 bits per heavy atom. The van der Waals surface area contributed by atoms with Crippen LogP contribution in [0.3, 0.4) is 0 Å². The van der Waals surface area contributed by atoms with Crippen molar-refractivity contribution in [2.75, 3.05) is 31.1 Å². The number of primary sulfonamides is 1. The molecule has 0 spiro atoms. The third-order valence-electron chi connectivity index (χ3n) is 6.65. The van der Waals surface area contributed by atoms with Gasteiger partial charge in [0.15, 0.2) is 0 Å². The molecule has 2 fully saturated rings. The fraction of sp³-hybridized carbons (Fsp3) is 0.192. The highest BCUT2D eigenvalue weighted by Crippen LogP contribution is 2.35. The number of hydrogen-bond donors (Lipinski definition) is 3. The largest absolute Gasteiger partial charge is 0.457 e. The number of sulfonamides is 1. The molecule has 4 N–H and O–H groups in total. The van der Waals surface area contributed by atoms with Gasteiger partial charge in [-0.25, -0.2) is 18.4 Å². The van der Waals surface area contributed by atoms with Gasteiger partial charge < -0.3 is 9.64 Å². The summed E-state index contributed by atoms with van der Waals surface area (Å²) in [5.74, 6) is -0.291. The van der Waals surface area contributed by atoms with Crippen LogP contribution in [0.25, 0.3) is 0 Å². The molecule has 2 heterocycles. The van der Waals surface area contributed by atoms with Gasteiger partial charge in [0.2, 0.25) is 15.6 Å². The van der Waals surface area contributed by atoms with Gasteiger partial charge in [-0.3, -0.25) is 25.1 Å². The lowest BCUT2D eigenvalue weighted by atomic mass is 9.84. The number of hydrogen-bond acceptors (Lipinski definition) is 8. The number of amides is 4. The van der Waals surface area contributed by atoms with Crippen molar-refractivity contribution in [3.8, 4) is 11.5 Å². The highest BCUT2D eigenvalue weighted by atomic mass is 32.2. The summed E-state index contributed by atoms with van der Waals surface area (Å²) in [7, 11) is -3.80. The van der Waals surface area contributed by atoms with Crippen LogP contribution in [0, 0.1) is 0 Å². The number of ether oxygens (including phenoxy) is 1. The standard InChI is InChI=1S/C26H25N5O6S/c27-38(35,36)22-12-8-19(9-13-22)30-14-16-31(17-15-30)26(23(32)28-25(34)29-24(26)33)18-6-10-21(11-7-18)37-20-4-2-1-3-5-20/h1-13H,14-17H2,(H2,27,35,36)(H2,28,29,32,33,34). The van der Waals surface area contributed by atoms with Crippen molar-refractivity contribution < 1.29 is 27.5 Å². The first-order valence-corrected chi connectivity index (χ1v) is 13.4. The minimum Gasteiger partial charge on any atom is -0.457 e. The molecule has 0 bridgehead atoms. The van der Waals surface area contributed by atoms with E-state index in [1.807, 2.05) is 35.2 Å². The Labute approximate surface area is 219 Å². The Kier molecular flexibility index (Phi) is 6.61. The SMILES string of the molecule is NS(=O)(=O)c1ccc(N2CCN(C3(c4ccc(Oc5ccccc5)cc4)C(=O)NC(=O)NC3=O)CC2)cc1. The van der Waals surface area contributed by atoms with Crippen molar-refractivity contribution >= 4 is 33.6 Å². The lowest BCUT2D eigenvalue weighted by Crippen LogP contribution is -2.73. The summed E-state index contributed by atoms with van der Waals surface area (Å²) < 4.78 is 29.0. The van der Waals surface area contributed by atoms with E-state index >= 15 is 0 Å². The summed E-state index contributed by atoms with van der Waals surface area (Å²) in [6, 6.07) is 21.2. The average molecular weight is 536 g/mol. The van der Waals surface area contributed by atoms with Crippen LogP contribution < -0.4 is 25.4 Å². The number of anilines is 1. The Balaban J connectivity index is 1.40. The molecular weight excluding hydrogens is 510 g/mol. The Morgan fingerprint density at radius 2 is 1.29 bits per heavy atom. The molecule has 0 radical (unpaired) electrons. The number of barbiturate groups is 1. The van der Waals surface area contributed by atoms with Crippen molar-refractivity contribution in [3.05, 3.63) is 84.4 Å². The Morgan fingerprint density at radius 1 is 0.737 bits per heavy atom. The quantitative estimate of drug-likeness (QED) is 0.402. The second-order valence-electron chi connectivity index (χ2n) is 8.90. The van der Waals surface area contributed by atoms with Gasteiger partial charge in [0.25, 0.3) is 11.8 Å². The lowest BCUT2D eigenvalue weighted by Gasteiger charge is -2.47. The van der Waals surface area contributed by atoms with E-state index in [4.69, 9.17) is 9.88 Å². The smallest absolute Gasteiger partial charge is 0.328 e. The van der Waals surface area contributed by atoms with E-state index in [9.17, 15) is 22.8 Å². The maximum atomic E-state index is 13.3. The van der Waals surface area contributed by atoms with E-state index < -0.39 is 33.4 Å². The molecule has 0 aliphatic carbocycles. The summed E-state index contributed by atoms with van der Waals surface area (Å²) in [4.78, 5) is 42.4. The van der Waals surface area contributed by atoms with E-state index in [2.05, 4.69) is 10.6 Å². The maximum absolute atomic E-state index is 13.3. The van der Waals surface area contributed by atoms with Gasteiger partial charge in [0.1, 0.15) is 11.5 Å². The zero-order valence-corrected chi connectivity index (χ0v) is 21.0. The second-order valence-corrected chi connectivity index (χ2v) is 10.5. The average Bonchev–Trinajstić information content (AvgIpc) is 2.90. The molecule has 2 aliphatic rings. The zero-order chi connectivity index (χ0) is 26.9. The molecule has 0 aromatic heterocycles. The third-order valence-corrected chi connectivity index (χ3v) is 7.58. The first-order chi connectivity index (χ1) is 18.2. The van der Waals surface area contributed by atoms with Crippen LogP contribution >= 0.6 is 0 Å². The van der Waals surface area contributed by atoms with Crippen LogP contribution in [0.2, 0.25) is 0 Å². The van der Waals surface area contributed by atoms with Gasteiger partial charge in [0.05, 0.1) is 4.90 Å². The lowest BCUT2D eigenvalue weighted by molar-refractivity contribution is -0.149. The van der Waals surface area contributed by atoms with Crippen LogP contribution in [-0.4, -0.2) is 57.3 Å². The molecule has 12 heteroatoms. The fourth-order valence-electron chi connectivity index (χ4n) is 4.79. The molecule has 0 saturated carbocycles. The topological polar surface area (TPSA) is 151 Å². The number of benzene rings is 3. The molecule has 3 aromatic carbocycles. The summed E-state index contributed by atoms with van der Waals surface area (Å²) in [6.45, 7) is 1.52. The maximum Gasteiger partial charge on any atom is 0.328 e. The molecule has 38 heavy (non-hydrogen) atoms. The number of nitrogens with zero attached hydrogens (tertiary/aromatic N) is 2. The van der Waals surface area contributed by atoms with E-state index in [1.165, 1.54) is 12.1 Å². The summed E-state index contributed by atoms with van der Waals surface area (Å²) >= 11 is 0. The molecule has 4 amide bonds. The number of para-hydroxylation sites is 1. The van der Waals surface area contributed by atoms with Crippen molar-refractivity contribution in [2.45, 2.75) is 10.4 Å². The van der Waals surface area contributed by atoms with Crippen LogP contribution in [-0.2, 0) is 25.2 Å². The van der Waals surface area contributed by atoms with Crippen molar-refractivity contribution in [3.63, 3.8) is 0 Å². The summed E-state index contributed by atoms with van der Waals surface area (Å²) in [5, 5.41) is 9.68. The number of imide groups is 2. The van der Waals surface area contributed by atoms with Crippen LogP contribution in [0.1, 0.15) is 5.56 Å². The van der Waals surface area contributed by atoms with E-state index in [0.717, 1.165) is 5.69 Å². The van der Waals surface area contributed by atoms with Gasteiger partial charge in [-0.05, 0) is 54.1 Å². The van der Waals surface area contributed by atoms with Crippen molar-refractivity contribution in [1.82, 2.24) is 15.5 Å². The van der Waals surface area contributed by atoms with Gasteiger partial charge >= 0.3 is 6.03 Å². The molecule has 2 aliphatic heterocycles. The van der Waals surface area contributed by atoms with E-state index in [-0.39, 0.29) is 4.90 Å². The predicted octanol–water partition coefficient (Wildman–Crippen LogP) is 1.51. The fourth-order valence-corrected chi connectivity index (χ4v) is 5.30. The van der Waals surface area contributed by atoms with Crippen molar-refractivity contribution in [2.24, 2.45) is 5.14 Å². The van der Waals surface area contributed by atoms with E-state index in [1.54, 1.807) is 41.3 Å². The van der Waals surface area contributed by atoms with Crippen LogP contribution in [0.5, 0.6) is 11.5 Å². The highest BCUT2D eigenvalue weighted by molar-refractivity contribution is 7.89. The first-order valence-electron chi connectivity index (χ1n) is 11.8. The number of rotatable bonds is 6. The number of piperazine rings is 1. The van der Waals surface area contributed by atoms with Gasteiger partial charge in [0, 0.05) is 31.9 Å². The number of urea groups is 1. The molecule has 3 aromatic rings. The predicted molar refractivity (Wildman–Crippen MR) is 138 cm³/mol.